The maximum atomic E-state index is 6.63. The highest BCUT2D eigenvalue weighted by Crippen LogP contribution is 2.67. The largest absolute Gasteiger partial charge is 0.493 e. The van der Waals surface area contributed by atoms with Gasteiger partial charge in [-0.05, 0) is 24.0 Å². The molecular formula is C23H26O7. The van der Waals surface area contributed by atoms with Crippen molar-refractivity contribution in [2.75, 3.05) is 41.8 Å². The molecule has 30 heavy (non-hydrogen) atoms. The van der Waals surface area contributed by atoms with Crippen molar-refractivity contribution in [1.29, 1.82) is 0 Å². The molecule has 0 bridgehead atoms. The van der Waals surface area contributed by atoms with Gasteiger partial charge >= 0.3 is 0 Å². The first-order valence-corrected chi connectivity index (χ1v) is 10.0. The Bertz CT molecular complexity index is 1030. The van der Waals surface area contributed by atoms with E-state index >= 15 is 0 Å². The second-order valence-electron chi connectivity index (χ2n) is 7.95. The standard InChI is InChI=1S/C23H26O7/c1-11-9-30-23(12(11)2)14-8-16-20(29-10-28-16)21(26-5)17(14)13-7-15(24-3)19(25-4)22(27-6)18(13)23/h7-8,11-12H,9-10H2,1-6H3/t11-,12+,23-/m1/s1. The van der Waals surface area contributed by atoms with Gasteiger partial charge in [-0.1, -0.05) is 13.8 Å². The molecule has 1 spiro atoms. The third-order valence-corrected chi connectivity index (χ3v) is 6.76. The van der Waals surface area contributed by atoms with Crippen LogP contribution in [0.3, 0.4) is 0 Å². The van der Waals surface area contributed by atoms with Crippen LogP contribution in [0.15, 0.2) is 12.1 Å². The zero-order chi connectivity index (χ0) is 21.2. The van der Waals surface area contributed by atoms with Crippen molar-refractivity contribution in [3.8, 4) is 45.6 Å². The molecule has 3 aliphatic rings. The average Bonchev–Trinajstić information content (AvgIpc) is 3.43. The molecule has 2 aliphatic heterocycles. The monoisotopic (exact) mass is 414 g/mol. The molecule has 160 valence electrons. The number of fused-ring (bicyclic) bond motifs is 6. The molecule has 0 aromatic heterocycles. The number of methoxy groups -OCH3 is 4. The fraction of sp³-hybridized carbons (Fsp3) is 0.478. The zero-order valence-corrected chi connectivity index (χ0v) is 18.1. The normalized spacial score (nSPS) is 25.3. The Morgan fingerprint density at radius 3 is 2.23 bits per heavy atom. The first kappa shape index (κ1) is 19.2. The van der Waals surface area contributed by atoms with E-state index in [0.29, 0.717) is 47.0 Å². The minimum atomic E-state index is -0.719. The van der Waals surface area contributed by atoms with Crippen LogP contribution in [-0.2, 0) is 10.3 Å². The second kappa shape index (κ2) is 6.60. The molecule has 7 heteroatoms. The van der Waals surface area contributed by atoms with Crippen LogP contribution < -0.4 is 28.4 Å². The van der Waals surface area contributed by atoms with Crippen LogP contribution in [0.1, 0.15) is 25.0 Å². The first-order chi connectivity index (χ1) is 14.5. The van der Waals surface area contributed by atoms with Gasteiger partial charge in [0.25, 0.3) is 0 Å². The predicted octanol–water partition coefficient (Wildman–Crippen LogP) is 3.98. The van der Waals surface area contributed by atoms with E-state index in [1.165, 1.54) is 0 Å². The van der Waals surface area contributed by atoms with Gasteiger partial charge in [0.05, 0.1) is 35.0 Å². The van der Waals surface area contributed by atoms with Crippen LogP contribution in [0.5, 0.6) is 34.5 Å². The van der Waals surface area contributed by atoms with E-state index in [4.69, 9.17) is 33.2 Å². The van der Waals surface area contributed by atoms with Gasteiger partial charge in [-0.15, -0.1) is 0 Å². The Balaban J connectivity index is 1.95. The summed E-state index contributed by atoms with van der Waals surface area (Å²) in [5, 5.41) is 0. The molecule has 3 atom stereocenters. The highest BCUT2D eigenvalue weighted by molar-refractivity contribution is 5.92. The number of benzene rings is 2. The van der Waals surface area contributed by atoms with E-state index in [0.717, 1.165) is 22.3 Å². The highest BCUT2D eigenvalue weighted by atomic mass is 16.7. The average molecular weight is 414 g/mol. The van der Waals surface area contributed by atoms with E-state index in [1.807, 2.05) is 12.1 Å². The quantitative estimate of drug-likeness (QED) is 0.750. The SMILES string of the molecule is COc1cc2c(c(OC)c1OC)[C@]1(OC[C@@H](C)[C@@H]1C)c1cc3c(c(OC)c1-2)OCO3. The van der Waals surface area contributed by atoms with Crippen molar-refractivity contribution >= 4 is 0 Å². The zero-order valence-electron chi connectivity index (χ0n) is 18.1. The van der Waals surface area contributed by atoms with Crippen molar-refractivity contribution in [3.05, 3.63) is 23.3 Å². The summed E-state index contributed by atoms with van der Waals surface area (Å²) in [6.45, 7) is 5.21. The Morgan fingerprint density at radius 1 is 0.900 bits per heavy atom. The smallest absolute Gasteiger partial charge is 0.231 e. The first-order valence-electron chi connectivity index (χ1n) is 10.0. The van der Waals surface area contributed by atoms with Gasteiger partial charge < -0.3 is 33.2 Å². The van der Waals surface area contributed by atoms with Gasteiger partial charge in [-0.2, -0.15) is 0 Å². The molecule has 2 aromatic carbocycles. The summed E-state index contributed by atoms with van der Waals surface area (Å²) < 4.78 is 41.2. The van der Waals surface area contributed by atoms with Crippen molar-refractivity contribution < 1.29 is 33.2 Å². The third kappa shape index (κ3) is 2.13. The maximum absolute atomic E-state index is 6.63. The van der Waals surface area contributed by atoms with Gasteiger partial charge in [0.2, 0.25) is 18.3 Å². The van der Waals surface area contributed by atoms with Crippen LogP contribution >= 0.6 is 0 Å². The fourth-order valence-corrected chi connectivity index (χ4v) is 5.19. The van der Waals surface area contributed by atoms with E-state index in [-0.39, 0.29) is 12.7 Å². The lowest BCUT2D eigenvalue weighted by atomic mass is 9.76. The Morgan fingerprint density at radius 2 is 1.63 bits per heavy atom. The molecule has 2 heterocycles. The molecule has 0 unspecified atom stereocenters. The van der Waals surface area contributed by atoms with Crippen molar-refractivity contribution in [3.63, 3.8) is 0 Å². The molecule has 2 aromatic rings. The van der Waals surface area contributed by atoms with Gasteiger partial charge in [-0.3, -0.25) is 0 Å². The molecule has 1 aliphatic carbocycles. The number of ether oxygens (including phenoxy) is 7. The molecule has 1 fully saturated rings. The molecule has 0 amide bonds. The van der Waals surface area contributed by atoms with Crippen LogP contribution in [-0.4, -0.2) is 41.8 Å². The van der Waals surface area contributed by atoms with Crippen molar-refractivity contribution in [2.24, 2.45) is 11.8 Å². The topological polar surface area (TPSA) is 64.6 Å². The number of rotatable bonds is 4. The highest BCUT2D eigenvalue weighted by Gasteiger charge is 2.58. The lowest BCUT2D eigenvalue weighted by molar-refractivity contribution is 0.0157. The fourth-order valence-electron chi connectivity index (χ4n) is 5.19. The summed E-state index contributed by atoms with van der Waals surface area (Å²) >= 11 is 0. The van der Waals surface area contributed by atoms with Gasteiger partial charge in [-0.25, -0.2) is 0 Å². The van der Waals surface area contributed by atoms with Crippen molar-refractivity contribution in [2.45, 2.75) is 19.4 Å². The van der Waals surface area contributed by atoms with Crippen LogP contribution in [0.4, 0.5) is 0 Å². The van der Waals surface area contributed by atoms with E-state index in [9.17, 15) is 0 Å². The van der Waals surface area contributed by atoms with Gasteiger partial charge in [0.15, 0.2) is 23.0 Å². The molecule has 7 nitrogen and oxygen atoms in total. The summed E-state index contributed by atoms with van der Waals surface area (Å²) in [4.78, 5) is 0. The van der Waals surface area contributed by atoms with Gasteiger partial charge in [0.1, 0.15) is 5.60 Å². The lowest BCUT2D eigenvalue weighted by Gasteiger charge is -2.33. The molecule has 0 radical (unpaired) electrons. The molecule has 0 N–H and O–H groups in total. The third-order valence-electron chi connectivity index (χ3n) is 6.76. The minimum Gasteiger partial charge on any atom is -0.493 e. The summed E-state index contributed by atoms with van der Waals surface area (Å²) in [7, 11) is 6.51. The Hall–Kier alpha value is -2.80. The summed E-state index contributed by atoms with van der Waals surface area (Å²) in [6, 6.07) is 3.99. The van der Waals surface area contributed by atoms with E-state index in [1.54, 1.807) is 28.4 Å². The van der Waals surface area contributed by atoms with Crippen molar-refractivity contribution in [1.82, 2.24) is 0 Å². The van der Waals surface area contributed by atoms with Crippen LogP contribution in [0.2, 0.25) is 0 Å². The van der Waals surface area contributed by atoms with Gasteiger partial charge in [0, 0.05) is 22.3 Å². The van der Waals surface area contributed by atoms with E-state index < -0.39 is 5.60 Å². The summed E-state index contributed by atoms with van der Waals surface area (Å²) in [5.41, 5.74) is 3.04. The maximum Gasteiger partial charge on any atom is 0.231 e. The summed E-state index contributed by atoms with van der Waals surface area (Å²) in [5.74, 6) is 4.14. The second-order valence-corrected chi connectivity index (χ2v) is 7.95. The number of hydrogen-bond donors (Lipinski definition) is 0. The predicted molar refractivity (Wildman–Crippen MR) is 109 cm³/mol. The lowest BCUT2D eigenvalue weighted by Crippen LogP contribution is -2.32. The molecular weight excluding hydrogens is 388 g/mol. The van der Waals surface area contributed by atoms with Crippen LogP contribution in [0, 0.1) is 11.8 Å². The molecule has 1 saturated heterocycles. The van der Waals surface area contributed by atoms with Crippen LogP contribution in [0.25, 0.3) is 11.1 Å². The number of hydrogen-bond acceptors (Lipinski definition) is 7. The Labute approximate surface area is 175 Å². The summed E-state index contributed by atoms with van der Waals surface area (Å²) in [6.07, 6.45) is 0. The molecule has 5 rings (SSSR count). The van der Waals surface area contributed by atoms with E-state index in [2.05, 4.69) is 13.8 Å². The Kier molecular flexibility index (Phi) is 4.22. The minimum absolute atomic E-state index is 0.163. The molecule has 0 saturated carbocycles.